The molecule has 0 aromatic carbocycles. The predicted molar refractivity (Wildman–Crippen MR) is 104 cm³/mol. The molecule has 1 unspecified atom stereocenters. The summed E-state index contributed by atoms with van der Waals surface area (Å²) in [5.41, 5.74) is 5.99. The Labute approximate surface area is 175 Å². The number of rotatable bonds is 7. The maximum Gasteiger partial charge on any atom is 0.275 e. The van der Waals surface area contributed by atoms with Crippen LogP contribution in [0.4, 0.5) is 0 Å². The summed E-state index contributed by atoms with van der Waals surface area (Å²) in [6.45, 7) is 2.60. The van der Waals surface area contributed by atoms with Gasteiger partial charge in [-0.1, -0.05) is 11.6 Å². The van der Waals surface area contributed by atoms with Crippen LogP contribution in [0.5, 0.6) is 0 Å². The van der Waals surface area contributed by atoms with Crippen LogP contribution < -0.4 is 15.7 Å². The zero-order chi connectivity index (χ0) is 21.0. The van der Waals surface area contributed by atoms with E-state index >= 15 is 0 Å². The quantitative estimate of drug-likeness (QED) is 0.539. The van der Waals surface area contributed by atoms with Crippen LogP contribution in [-0.4, -0.2) is 59.9 Å². The van der Waals surface area contributed by atoms with E-state index in [-0.39, 0.29) is 41.3 Å². The molecule has 3 heterocycles. The molecule has 3 N–H and O–H groups in total. The number of pyridine rings is 1. The second-order valence-electron chi connectivity index (χ2n) is 8.05. The molecule has 0 radical (unpaired) electrons. The fourth-order valence-corrected chi connectivity index (χ4v) is 4.89. The number of carbonyl (C=O) groups is 3. The molecule has 2 fully saturated rings. The number of carboxylic acids is 1. The molecule has 158 valence electrons. The molecule has 0 aliphatic carbocycles. The Balaban J connectivity index is 1.67. The number of halogens is 1. The highest BCUT2D eigenvalue weighted by atomic mass is 35.5. The molecule has 1 aromatic rings. The number of aromatic nitrogens is 1. The van der Waals surface area contributed by atoms with Crippen molar-refractivity contribution in [1.82, 2.24) is 9.88 Å². The van der Waals surface area contributed by atoms with Crippen molar-refractivity contribution in [2.45, 2.75) is 38.1 Å². The van der Waals surface area contributed by atoms with Gasteiger partial charge in [0.25, 0.3) is 11.8 Å². The third-order valence-corrected chi connectivity index (χ3v) is 6.45. The zero-order valence-electron chi connectivity index (χ0n) is 16.3. The van der Waals surface area contributed by atoms with Crippen LogP contribution in [0.2, 0.25) is 5.15 Å². The van der Waals surface area contributed by atoms with Gasteiger partial charge in [0.15, 0.2) is 6.04 Å². The van der Waals surface area contributed by atoms with E-state index in [0.29, 0.717) is 25.1 Å². The largest absolute Gasteiger partial charge is 0.550 e. The Morgan fingerprint density at radius 2 is 2.10 bits per heavy atom. The van der Waals surface area contributed by atoms with Crippen molar-refractivity contribution in [1.29, 1.82) is 0 Å². The summed E-state index contributed by atoms with van der Waals surface area (Å²) in [6.07, 6.45) is 4.59. The minimum Gasteiger partial charge on any atom is -0.550 e. The number of hydrogen-bond donors (Lipinski definition) is 2. The maximum absolute atomic E-state index is 12.9. The van der Waals surface area contributed by atoms with Crippen LogP contribution in [0.15, 0.2) is 18.3 Å². The number of aliphatic carboxylic acids is 1. The number of nitrogens with zero attached hydrogens (tertiary/aromatic N) is 2. The van der Waals surface area contributed by atoms with Gasteiger partial charge in [-0.2, -0.15) is 0 Å². The third kappa shape index (κ3) is 5.45. The van der Waals surface area contributed by atoms with Crippen LogP contribution in [0, 0.1) is 11.8 Å². The Morgan fingerprint density at radius 1 is 1.31 bits per heavy atom. The lowest BCUT2D eigenvalue weighted by Gasteiger charge is -2.39. The number of hydrogen-bond acceptors (Lipinski definition) is 5. The van der Waals surface area contributed by atoms with E-state index in [2.05, 4.69) is 4.98 Å². The molecule has 9 heteroatoms. The van der Waals surface area contributed by atoms with E-state index in [9.17, 15) is 19.5 Å². The summed E-state index contributed by atoms with van der Waals surface area (Å²) in [4.78, 5) is 42.5. The first-order chi connectivity index (χ1) is 13.8. The van der Waals surface area contributed by atoms with Gasteiger partial charge in [-0.25, -0.2) is 4.98 Å². The van der Waals surface area contributed by atoms with Crippen molar-refractivity contribution < 1.29 is 24.4 Å². The second-order valence-corrected chi connectivity index (χ2v) is 8.43. The van der Waals surface area contributed by atoms with Crippen molar-refractivity contribution in [3.63, 3.8) is 0 Å². The highest BCUT2D eigenvalue weighted by Crippen LogP contribution is 2.29. The lowest BCUT2D eigenvalue weighted by atomic mass is 9.81. The molecular formula is C20H27ClN4O4. The average molecular weight is 423 g/mol. The number of nitrogens with one attached hydrogen (secondary N) is 1. The summed E-state index contributed by atoms with van der Waals surface area (Å²) in [6, 6.07) is 3.00. The van der Waals surface area contributed by atoms with E-state index in [1.807, 2.05) is 0 Å². The van der Waals surface area contributed by atoms with Crippen LogP contribution in [0.3, 0.4) is 0 Å². The summed E-state index contributed by atoms with van der Waals surface area (Å²) in [7, 11) is 0. The number of likely N-dealkylation sites (tertiary alicyclic amines) is 2. The summed E-state index contributed by atoms with van der Waals surface area (Å²) in [5.74, 6) is -1.48. The fraction of sp³-hybridized carbons (Fsp3) is 0.600. The maximum atomic E-state index is 12.9. The molecule has 2 aliphatic heterocycles. The molecule has 8 nitrogen and oxygen atoms in total. The predicted octanol–water partition coefficient (Wildman–Crippen LogP) is -1.12. The van der Waals surface area contributed by atoms with Gasteiger partial charge in [-0.3, -0.25) is 9.59 Å². The Morgan fingerprint density at radius 3 is 2.79 bits per heavy atom. The van der Waals surface area contributed by atoms with E-state index in [4.69, 9.17) is 17.3 Å². The summed E-state index contributed by atoms with van der Waals surface area (Å²) < 4.78 is 0. The van der Waals surface area contributed by atoms with Crippen LogP contribution in [0.25, 0.3) is 0 Å². The standard InChI is InChI=1S/C20H27ClN4O4/c21-17-10-14(3-6-23-17)20(29)25-9-4-13(11-18(26)27)15(12-25)5-8-24-7-1-2-16(24)19(22)28/h3,6,10,13,15-16H,1-2,4-5,7-9,11-12H2,(H2,22,28)(H,26,27)/t13-,15-,16-/m0/s1. The Bertz CT molecular complexity index is 775. The lowest BCUT2D eigenvalue weighted by Crippen LogP contribution is -3.15. The van der Waals surface area contributed by atoms with Crippen molar-refractivity contribution in [3.05, 3.63) is 29.0 Å². The van der Waals surface area contributed by atoms with Gasteiger partial charge in [0.05, 0.1) is 13.1 Å². The van der Waals surface area contributed by atoms with Crippen molar-refractivity contribution >= 4 is 29.4 Å². The number of primary amides is 1. The lowest BCUT2D eigenvalue weighted by molar-refractivity contribution is -0.903. The van der Waals surface area contributed by atoms with Crippen molar-refractivity contribution in [2.75, 3.05) is 26.2 Å². The van der Waals surface area contributed by atoms with Gasteiger partial charge in [0, 0.05) is 50.1 Å². The SMILES string of the molecule is NC(=O)[C@@H]1CCC[NH+]1CC[C@H]1CN(C(=O)c2ccnc(Cl)c2)CC[C@H]1CC(=O)[O-]. The molecule has 0 bridgehead atoms. The van der Waals surface area contributed by atoms with Crippen molar-refractivity contribution in [3.8, 4) is 0 Å². The zero-order valence-corrected chi connectivity index (χ0v) is 17.1. The molecule has 3 rings (SSSR count). The Kier molecular flexibility index (Phi) is 7.08. The molecule has 1 aromatic heterocycles. The first kappa shape index (κ1) is 21.5. The fourth-order valence-electron chi connectivity index (χ4n) is 4.72. The second kappa shape index (κ2) is 9.54. The topological polar surface area (TPSA) is 121 Å². The molecule has 29 heavy (non-hydrogen) atoms. The minimum atomic E-state index is -1.07. The van der Waals surface area contributed by atoms with Gasteiger partial charge >= 0.3 is 0 Å². The molecule has 4 atom stereocenters. The van der Waals surface area contributed by atoms with E-state index in [1.54, 1.807) is 11.0 Å². The summed E-state index contributed by atoms with van der Waals surface area (Å²) >= 11 is 5.90. The average Bonchev–Trinajstić information content (AvgIpc) is 3.15. The minimum absolute atomic E-state index is 0.0115. The van der Waals surface area contributed by atoms with Crippen LogP contribution in [0.1, 0.15) is 42.5 Å². The normalized spacial score (nSPS) is 27.0. The number of nitrogens with two attached hydrogens (primary N) is 1. The van der Waals surface area contributed by atoms with Gasteiger partial charge in [-0.15, -0.1) is 0 Å². The number of carboxylic acid groups (broad SMARTS) is 1. The summed E-state index contributed by atoms with van der Waals surface area (Å²) in [5, 5.41) is 11.5. The van der Waals surface area contributed by atoms with E-state index in [1.165, 1.54) is 12.3 Å². The van der Waals surface area contributed by atoms with Gasteiger partial charge in [-0.05, 0) is 36.8 Å². The molecule has 2 saturated heterocycles. The third-order valence-electron chi connectivity index (χ3n) is 6.24. The Hall–Kier alpha value is -2.19. The van der Waals surface area contributed by atoms with Gasteiger partial charge in [0.2, 0.25) is 0 Å². The monoisotopic (exact) mass is 422 g/mol. The highest BCUT2D eigenvalue weighted by molar-refractivity contribution is 6.29. The highest BCUT2D eigenvalue weighted by Gasteiger charge is 2.36. The van der Waals surface area contributed by atoms with Gasteiger partial charge in [0.1, 0.15) is 5.15 Å². The van der Waals surface area contributed by atoms with E-state index in [0.717, 1.165) is 37.3 Å². The molecule has 2 aliphatic rings. The number of amides is 2. The van der Waals surface area contributed by atoms with Crippen LogP contribution >= 0.6 is 11.6 Å². The van der Waals surface area contributed by atoms with E-state index < -0.39 is 5.97 Å². The molecule has 0 spiro atoms. The number of quaternary nitrogens is 1. The smallest absolute Gasteiger partial charge is 0.275 e. The number of piperidine rings is 1. The first-order valence-corrected chi connectivity index (χ1v) is 10.5. The van der Waals surface area contributed by atoms with Crippen LogP contribution in [-0.2, 0) is 9.59 Å². The molecule has 2 amide bonds. The number of carbonyl (C=O) groups excluding carboxylic acids is 3. The van der Waals surface area contributed by atoms with Gasteiger partial charge < -0.3 is 25.4 Å². The molecule has 0 saturated carbocycles. The molecular weight excluding hydrogens is 396 g/mol. The first-order valence-electron chi connectivity index (χ1n) is 10.1. The van der Waals surface area contributed by atoms with Crippen molar-refractivity contribution in [2.24, 2.45) is 17.6 Å².